The molecule has 1 aromatic heterocycles. The van der Waals surface area contributed by atoms with Gasteiger partial charge in [-0.1, -0.05) is 87.5 Å². The van der Waals surface area contributed by atoms with Crippen LogP contribution in [-0.2, 0) is 35.2 Å². The maximum absolute atomic E-state index is 14.0. The molecule has 0 aliphatic carbocycles. The molecule has 2 aliphatic rings. The van der Waals surface area contributed by atoms with Crippen LogP contribution < -0.4 is 20.3 Å². The number of aliphatic hydroxyl groups excluding tert-OH is 1. The molecule has 0 radical (unpaired) electrons. The molecule has 2 aliphatic heterocycles. The molecule has 3 heterocycles. The van der Waals surface area contributed by atoms with Gasteiger partial charge in [-0.05, 0) is 77.9 Å². The third kappa shape index (κ3) is 12.8. The van der Waals surface area contributed by atoms with Crippen LogP contribution >= 0.6 is 11.3 Å². The lowest BCUT2D eigenvalue weighted by molar-refractivity contribution is -0.384. The summed E-state index contributed by atoms with van der Waals surface area (Å²) >= 11 is 1.57. The number of aliphatic hydroxyl groups is 1. The Balaban J connectivity index is 0.813. The van der Waals surface area contributed by atoms with Gasteiger partial charge in [-0.2, -0.15) is 0 Å². The number of nitro groups is 1. The van der Waals surface area contributed by atoms with Crippen molar-refractivity contribution in [3.8, 4) is 16.2 Å². The van der Waals surface area contributed by atoms with Crippen LogP contribution in [0.25, 0.3) is 22.1 Å². The number of nitrogens with zero attached hydrogens (tertiary/aromatic N) is 4. The van der Waals surface area contributed by atoms with Crippen molar-refractivity contribution in [2.45, 2.75) is 71.8 Å². The number of hydrogen-bond acceptors (Lipinski definition) is 12. The lowest BCUT2D eigenvalue weighted by Gasteiger charge is -2.35. The molecule has 1 fully saturated rings. The Morgan fingerprint density at radius 2 is 1.64 bits per heavy atom. The van der Waals surface area contributed by atoms with Crippen molar-refractivity contribution in [1.82, 2.24) is 20.5 Å². The van der Waals surface area contributed by atoms with Gasteiger partial charge < -0.3 is 39.8 Å². The fourth-order valence-electron chi connectivity index (χ4n) is 8.28. The number of carbonyl (C=O) groups excluding carboxylic acids is 4. The summed E-state index contributed by atoms with van der Waals surface area (Å²) < 4.78 is 17.1. The average Bonchev–Trinajstić information content (AvgIpc) is 4.03. The number of anilines is 1. The largest absolute Gasteiger partial charge is 0.491 e. The minimum absolute atomic E-state index is 0.0108. The number of nitrogens with one attached hydrogen (secondary N) is 2. The molecule has 0 saturated carbocycles. The highest BCUT2D eigenvalue weighted by Crippen LogP contribution is 2.38. The van der Waals surface area contributed by atoms with E-state index in [9.17, 15) is 34.4 Å². The summed E-state index contributed by atoms with van der Waals surface area (Å²) in [4.78, 5) is 73.4. The van der Waals surface area contributed by atoms with Crippen LogP contribution in [0.3, 0.4) is 0 Å². The zero-order chi connectivity index (χ0) is 50.0. The Morgan fingerprint density at radius 3 is 2.33 bits per heavy atom. The molecule has 7 rings (SSSR count). The normalized spacial score (nSPS) is 17.2. The Kier molecular flexibility index (Phi) is 16.7. The Bertz CT molecular complexity index is 2710. The fourth-order valence-corrected chi connectivity index (χ4v) is 9.09. The monoisotopic (exact) mass is 970 g/mol. The number of likely N-dealkylation sites (tertiary alicyclic amines) is 1. The molecule has 4 amide bonds. The predicted octanol–water partition coefficient (Wildman–Crippen LogP) is 7.45. The van der Waals surface area contributed by atoms with E-state index < -0.39 is 40.3 Å². The van der Waals surface area contributed by atoms with Gasteiger partial charge in [-0.25, -0.2) is 4.98 Å². The first-order valence-electron chi connectivity index (χ1n) is 23.1. The van der Waals surface area contributed by atoms with Crippen molar-refractivity contribution in [1.29, 1.82) is 0 Å². The van der Waals surface area contributed by atoms with Crippen molar-refractivity contribution in [3.05, 3.63) is 153 Å². The van der Waals surface area contributed by atoms with E-state index in [1.54, 1.807) is 46.6 Å². The van der Waals surface area contributed by atoms with E-state index in [0.717, 1.165) is 44.1 Å². The second kappa shape index (κ2) is 23.0. The predicted molar refractivity (Wildman–Crippen MR) is 268 cm³/mol. The van der Waals surface area contributed by atoms with E-state index in [0.29, 0.717) is 17.9 Å². The third-order valence-electron chi connectivity index (χ3n) is 12.0. The molecule has 0 bridgehead atoms. The van der Waals surface area contributed by atoms with Crippen LogP contribution in [-0.4, -0.2) is 101 Å². The number of amides is 4. The lowest BCUT2D eigenvalue weighted by atomic mass is 9.85. The van der Waals surface area contributed by atoms with Gasteiger partial charge in [0.25, 0.3) is 11.6 Å². The van der Waals surface area contributed by atoms with E-state index in [-0.39, 0.29) is 69.5 Å². The molecule has 3 N–H and O–H groups in total. The molecule has 16 nitrogen and oxygen atoms in total. The standard InChI is InChI=1S/C53H58N6O10S/c1-34(38-17-19-39(20-18-38)48-35(2)54-33-70-48)55-50(62)46-29-41(60)31-58(46)52(64)49(53(3,4)5)56-47(61)32-68-26-25-67-27-28-69-42-23-15-37(16-24-42)30-57-45-12-7-6-10-43(45)44(51(57)63)11-8-9-36-13-21-40(22-14-36)59(65)66/h6-24,33-34,41,46,49,60H,25-32H2,1-5H3,(H,55,62)(H,56,61)/t34-,41+,46-,49+/m0/s1. The van der Waals surface area contributed by atoms with Crippen molar-refractivity contribution >= 4 is 58.0 Å². The Hall–Kier alpha value is -7.05. The second-order valence-corrected chi connectivity index (χ2v) is 19.1. The molecule has 0 unspecified atom stereocenters. The van der Waals surface area contributed by atoms with E-state index >= 15 is 0 Å². The minimum Gasteiger partial charge on any atom is -0.491 e. The first-order chi connectivity index (χ1) is 33.6. The van der Waals surface area contributed by atoms with Crippen LogP contribution in [0, 0.1) is 22.5 Å². The van der Waals surface area contributed by atoms with Gasteiger partial charge in [-0.3, -0.25) is 29.3 Å². The number of para-hydroxylation sites is 1. The minimum atomic E-state index is -0.992. The highest BCUT2D eigenvalue weighted by Gasteiger charge is 2.45. The molecule has 4 aromatic carbocycles. The number of ether oxygens (including phenoxy) is 3. The molecule has 366 valence electrons. The number of benzene rings is 4. The summed E-state index contributed by atoms with van der Waals surface area (Å²) in [5.41, 5.74) is 7.82. The molecule has 5 aromatic rings. The summed E-state index contributed by atoms with van der Waals surface area (Å²) in [5, 5.41) is 27.4. The first kappa shape index (κ1) is 50.8. The maximum atomic E-state index is 14.0. The smallest absolute Gasteiger partial charge is 0.269 e. The molecule has 17 heteroatoms. The molecule has 1 saturated heterocycles. The number of nitro benzene ring substituents is 1. The average molecular weight is 971 g/mol. The molecular weight excluding hydrogens is 913 g/mol. The van der Waals surface area contributed by atoms with Gasteiger partial charge in [0.1, 0.15) is 31.0 Å². The highest BCUT2D eigenvalue weighted by molar-refractivity contribution is 7.13. The topological polar surface area (TPSA) is 203 Å². The first-order valence-corrected chi connectivity index (χ1v) is 24.0. The second-order valence-electron chi connectivity index (χ2n) is 18.2. The number of allylic oxidation sites excluding steroid dienone is 2. The fraction of sp³-hybridized carbons (Fsp3) is 0.340. The molecule has 70 heavy (non-hydrogen) atoms. The van der Waals surface area contributed by atoms with E-state index in [2.05, 4.69) is 15.6 Å². The number of aryl methyl sites for hydroxylation is 1. The number of carbonyl (C=O) groups is 4. The molecule has 4 atom stereocenters. The number of thiazole rings is 1. The van der Waals surface area contributed by atoms with Gasteiger partial charge in [-0.15, -0.1) is 11.3 Å². The SMILES string of the molecule is Cc1ncsc1-c1ccc([C@H](C)NC(=O)[C@@H]2C[C@@H](O)CN2C(=O)[C@@H](NC(=O)COCCOCCOc2ccc(CN3C(=O)C(=CC=Cc4ccc([N+](=O)[O-])cc4)c4ccccc43)cc2)C(C)(C)C)cc1. The summed E-state index contributed by atoms with van der Waals surface area (Å²) in [6.45, 7) is 10.1. The number of hydrogen-bond donors (Lipinski definition) is 3. The number of fused-ring (bicyclic) bond motifs is 1. The van der Waals surface area contributed by atoms with Gasteiger partial charge in [0.15, 0.2) is 0 Å². The van der Waals surface area contributed by atoms with Crippen LogP contribution in [0.5, 0.6) is 5.75 Å². The van der Waals surface area contributed by atoms with Gasteiger partial charge in [0, 0.05) is 36.2 Å². The van der Waals surface area contributed by atoms with Crippen molar-refractivity contribution in [2.75, 3.05) is 44.5 Å². The number of aromatic nitrogens is 1. The lowest BCUT2D eigenvalue weighted by Crippen LogP contribution is -2.58. The molecular formula is C53H58N6O10S. The van der Waals surface area contributed by atoms with Crippen molar-refractivity contribution < 1.29 is 43.4 Å². The van der Waals surface area contributed by atoms with Gasteiger partial charge in [0.05, 0.1) is 65.2 Å². The third-order valence-corrected chi connectivity index (χ3v) is 13.0. The van der Waals surface area contributed by atoms with Crippen LogP contribution in [0.2, 0.25) is 0 Å². The van der Waals surface area contributed by atoms with Crippen LogP contribution in [0.15, 0.2) is 115 Å². The van der Waals surface area contributed by atoms with Gasteiger partial charge in [0.2, 0.25) is 17.7 Å². The zero-order valence-electron chi connectivity index (χ0n) is 39.8. The van der Waals surface area contributed by atoms with E-state index in [4.69, 9.17) is 14.2 Å². The maximum Gasteiger partial charge on any atom is 0.269 e. The molecule has 0 spiro atoms. The van der Waals surface area contributed by atoms with Crippen molar-refractivity contribution in [2.24, 2.45) is 5.41 Å². The number of β-amino-alcohol motifs (C(OH)–C–C–N with tert-alkyl or cyclic N) is 1. The quantitative estimate of drug-likeness (QED) is 0.0303. The van der Waals surface area contributed by atoms with Crippen LogP contribution in [0.1, 0.15) is 68.1 Å². The summed E-state index contributed by atoms with van der Waals surface area (Å²) in [5.74, 6) is -0.861. The Morgan fingerprint density at radius 1 is 0.943 bits per heavy atom. The van der Waals surface area contributed by atoms with Gasteiger partial charge >= 0.3 is 0 Å². The zero-order valence-corrected chi connectivity index (χ0v) is 40.6. The van der Waals surface area contributed by atoms with E-state index in [1.165, 1.54) is 17.0 Å². The Labute approximate surface area is 411 Å². The van der Waals surface area contributed by atoms with Crippen molar-refractivity contribution in [3.63, 3.8) is 0 Å². The highest BCUT2D eigenvalue weighted by atomic mass is 32.1. The van der Waals surface area contributed by atoms with Crippen LogP contribution in [0.4, 0.5) is 11.4 Å². The van der Waals surface area contributed by atoms with E-state index in [1.807, 2.05) is 113 Å². The summed E-state index contributed by atoms with van der Waals surface area (Å²) in [7, 11) is 0. The number of rotatable bonds is 20. The summed E-state index contributed by atoms with van der Waals surface area (Å²) in [6.07, 6.45) is 4.50. The summed E-state index contributed by atoms with van der Waals surface area (Å²) in [6, 6.07) is 26.9. The number of non-ortho nitro benzene ring substituents is 1.